The Hall–Kier alpha value is -2.37. The van der Waals surface area contributed by atoms with Crippen molar-refractivity contribution >= 4 is 17.7 Å². The molecule has 0 atom stereocenters. The maximum atomic E-state index is 13.6. The topological polar surface area (TPSA) is 69.7 Å². The Morgan fingerprint density at radius 1 is 1.15 bits per heavy atom. The van der Waals surface area contributed by atoms with Crippen molar-refractivity contribution in [3.8, 4) is 0 Å². The van der Waals surface area contributed by atoms with Crippen LogP contribution in [0.1, 0.15) is 46.1 Å². The summed E-state index contributed by atoms with van der Waals surface area (Å²) in [5, 5.41) is 2.85. The van der Waals surface area contributed by atoms with Gasteiger partial charge in [0.15, 0.2) is 0 Å². The lowest BCUT2D eigenvalue weighted by atomic mass is 9.71. The number of likely N-dealkylation sites (tertiary alicyclic amines) is 1. The molecular weight excluding hydrogens is 342 g/mol. The summed E-state index contributed by atoms with van der Waals surface area (Å²) in [4.78, 5) is 41.0. The third kappa shape index (κ3) is 4.87. The number of benzene rings is 1. The monoisotopic (exact) mass is 373 g/mol. The van der Waals surface area contributed by atoms with Crippen LogP contribution in [0.3, 0.4) is 0 Å². The largest absolute Gasteiger partial charge is 0.352 e. The number of carbonyl (C=O) groups is 3. The zero-order valence-corrected chi connectivity index (χ0v) is 16.8. The molecule has 0 radical (unpaired) electrons. The molecular formula is C21H31N3O3. The highest BCUT2D eigenvalue weighted by molar-refractivity contribution is 5.92. The van der Waals surface area contributed by atoms with Gasteiger partial charge in [0, 0.05) is 32.6 Å². The first-order chi connectivity index (χ1) is 12.8. The fourth-order valence-corrected chi connectivity index (χ4v) is 3.76. The van der Waals surface area contributed by atoms with Crippen LogP contribution in [0.25, 0.3) is 0 Å². The molecule has 1 heterocycles. The molecule has 2 rings (SSSR count). The molecule has 0 unspecified atom stereocenters. The molecule has 6 nitrogen and oxygen atoms in total. The van der Waals surface area contributed by atoms with Gasteiger partial charge in [0.05, 0.1) is 12.0 Å². The Morgan fingerprint density at radius 2 is 1.74 bits per heavy atom. The number of nitrogens with zero attached hydrogens (tertiary/aromatic N) is 2. The predicted octanol–water partition coefficient (Wildman–Crippen LogP) is 1.94. The van der Waals surface area contributed by atoms with Crippen molar-refractivity contribution < 1.29 is 14.4 Å². The number of piperidine rings is 1. The Kier molecular flexibility index (Phi) is 6.99. The van der Waals surface area contributed by atoms with Crippen molar-refractivity contribution in [2.45, 2.75) is 52.0 Å². The zero-order chi connectivity index (χ0) is 20.0. The first kappa shape index (κ1) is 20.9. The second-order valence-corrected chi connectivity index (χ2v) is 7.50. The Labute approximate surface area is 161 Å². The van der Waals surface area contributed by atoms with E-state index in [4.69, 9.17) is 0 Å². The van der Waals surface area contributed by atoms with Crippen molar-refractivity contribution in [1.82, 2.24) is 15.1 Å². The van der Waals surface area contributed by atoms with Crippen LogP contribution in [0.5, 0.6) is 0 Å². The van der Waals surface area contributed by atoms with Crippen molar-refractivity contribution in [1.29, 1.82) is 0 Å². The van der Waals surface area contributed by atoms with E-state index in [1.807, 2.05) is 51.1 Å². The summed E-state index contributed by atoms with van der Waals surface area (Å²) in [6.45, 7) is 8.87. The number of amides is 3. The molecule has 1 aliphatic rings. The normalized spacial score (nSPS) is 16.1. The second kappa shape index (κ2) is 9.02. The van der Waals surface area contributed by atoms with Crippen LogP contribution in [0.4, 0.5) is 0 Å². The Morgan fingerprint density at radius 3 is 2.22 bits per heavy atom. The van der Waals surface area contributed by atoms with Gasteiger partial charge in [0.2, 0.25) is 17.7 Å². The van der Waals surface area contributed by atoms with Crippen LogP contribution in [0, 0.1) is 0 Å². The molecule has 148 valence electrons. The number of rotatable bonds is 6. The average molecular weight is 373 g/mol. The smallest absolute Gasteiger partial charge is 0.239 e. The lowest BCUT2D eigenvalue weighted by Crippen LogP contribution is -2.55. The van der Waals surface area contributed by atoms with E-state index in [9.17, 15) is 14.4 Å². The lowest BCUT2D eigenvalue weighted by Gasteiger charge is -2.43. The Bertz CT molecular complexity index is 665. The quantitative estimate of drug-likeness (QED) is 0.828. The van der Waals surface area contributed by atoms with Gasteiger partial charge in [0.25, 0.3) is 0 Å². The number of carbonyl (C=O) groups excluding carboxylic acids is 3. The van der Waals surface area contributed by atoms with E-state index in [-0.39, 0.29) is 30.3 Å². The molecule has 27 heavy (non-hydrogen) atoms. The minimum atomic E-state index is -0.693. The van der Waals surface area contributed by atoms with Crippen LogP contribution in [0.2, 0.25) is 0 Å². The number of hydrogen-bond acceptors (Lipinski definition) is 3. The van der Waals surface area contributed by atoms with E-state index < -0.39 is 5.41 Å². The highest BCUT2D eigenvalue weighted by Gasteiger charge is 2.45. The highest BCUT2D eigenvalue weighted by Crippen LogP contribution is 2.37. The lowest BCUT2D eigenvalue weighted by molar-refractivity contribution is -0.144. The molecule has 0 bridgehead atoms. The molecule has 1 fully saturated rings. The summed E-state index contributed by atoms with van der Waals surface area (Å²) >= 11 is 0. The second-order valence-electron chi connectivity index (χ2n) is 7.50. The van der Waals surface area contributed by atoms with Crippen LogP contribution in [-0.2, 0) is 19.8 Å². The van der Waals surface area contributed by atoms with Crippen LogP contribution >= 0.6 is 0 Å². The van der Waals surface area contributed by atoms with Crippen LogP contribution < -0.4 is 5.32 Å². The van der Waals surface area contributed by atoms with E-state index in [2.05, 4.69) is 5.32 Å². The molecule has 1 aromatic carbocycles. The maximum absolute atomic E-state index is 13.6. The summed E-state index contributed by atoms with van der Waals surface area (Å²) in [6, 6.07) is 9.79. The van der Waals surface area contributed by atoms with Crippen LogP contribution in [0.15, 0.2) is 30.3 Å². The van der Waals surface area contributed by atoms with Gasteiger partial charge in [-0.25, -0.2) is 0 Å². The average Bonchev–Trinajstić information content (AvgIpc) is 2.65. The van der Waals surface area contributed by atoms with E-state index in [1.54, 1.807) is 16.7 Å². The molecule has 1 aliphatic heterocycles. The number of hydrogen-bond donors (Lipinski definition) is 1. The van der Waals surface area contributed by atoms with Gasteiger partial charge in [-0.1, -0.05) is 30.3 Å². The third-order valence-corrected chi connectivity index (χ3v) is 5.25. The third-order valence-electron chi connectivity index (χ3n) is 5.25. The van der Waals surface area contributed by atoms with Gasteiger partial charge in [-0.15, -0.1) is 0 Å². The van der Waals surface area contributed by atoms with E-state index in [1.165, 1.54) is 0 Å². The fourth-order valence-electron chi connectivity index (χ4n) is 3.76. The van der Waals surface area contributed by atoms with E-state index in [0.717, 1.165) is 5.56 Å². The first-order valence-corrected chi connectivity index (χ1v) is 9.70. The zero-order valence-electron chi connectivity index (χ0n) is 16.8. The predicted molar refractivity (Wildman–Crippen MR) is 105 cm³/mol. The molecule has 1 saturated heterocycles. The Balaban J connectivity index is 2.29. The molecule has 0 aliphatic carbocycles. The molecule has 3 amide bonds. The number of nitrogens with one attached hydrogen (secondary N) is 1. The van der Waals surface area contributed by atoms with Gasteiger partial charge < -0.3 is 15.1 Å². The fraction of sp³-hybridized carbons (Fsp3) is 0.571. The van der Waals surface area contributed by atoms with E-state index >= 15 is 0 Å². The summed E-state index contributed by atoms with van der Waals surface area (Å²) in [5.41, 5.74) is 0.266. The van der Waals surface area contributed by atoms with Crippen molar-refractivity contribution in [2.75, 3.05) is 26.2 Å². The molecule has 0 spiro atoms. The van der Waals surface area contributed by atoms with Crippen LogP contribution in [-0.4, -0.2) is 59.7 Å². The molecule has 1 aromatic rings. The molecule has 0 saturated carbocycles. The SMILES string of the molecule is CCN(CC(=O)NC(C)C)C(=O)C1(c2ccccc2)CCN(C(C)=O)CC1. The standard InChI is InChI=1S/C21H31N3O3/c1-5-23(15-19(26)22-16(2)3)20(27)21(18-9-7-6-8-10-18)11-13-24(14-12-21)17(4)25/h6-10,16H,5,11-15H2,1-4H3,(H,22,26). The van der Waals surface area contributed by atoms with Gasteiger partial charge >= 0.3 is 0 Å². The summed E-state index contributed by atoms with van der Waals surface area (Å²) in [7, 11) is 0. The maximum Gasteiger partial charge on any atom is 0.239 e. The number of likely N-dealkylation sites (N-methyl/N-ethyl adjacent to an activating group) is 1. The highest BCUT2D eigenvalue weighted by atomic mass is 16.2. The summed E-state index contributed by atoms with van der Waals surface area (Å²) < 4.78 is 0. The minimum Gasteiger partial charge on any atom is -0.352 e. The van der Waals surface area contributed by atoms with Gasteiger partial charge in [-0.3, -0.25) is 14.4 Å². The van der Waals surface area contributed by atoms with Gasteiger partial charge in [-0.05, 0) is 39.2 Å². The summed E-state index contributed by atoms with van der Waals surface area (Å²) in [6.07, 6.45) is 1.13. The molecule has 1 N–H and O–H groups in total. The first-order valence-electron chi connectivity index (χ1n) is 9.70. The summed E-state index contributed by atoms with van der Waals surface area (Å²) in [5.74, 6) is -0.143. The van der Waals surface area contributed by atoms with Gasteiger partial charge in [-0.2, -0.15) is 0 Å². The van der Waals surface area contributed by atoms with Gasteiger partial charge in [0.1, 0.15) is 0 Å². The van der Waals surface area contributed by atoms with E-state index in [0.29, 0.717) is 32.5 Å². The molecule has 6 heteroatoms. The van der Waals surface area contributed by atoms with Crippen molar-refractivity contribution in [3.05, 3.63) is 35.9 Å². The molecule has 0 aromatic heterocycles. The van der Waals surface area contributed by atoms with Crippen molar-refractivity contribution in [2.24, 2.45) is 0 Å². The minimum absolute atomic E-state index is 0.0293. The van der Waals surface area contributed by atoms with Crippen molar-refractivity contribution in [3.63, 3.8) is 0 Å².